The SMILES string of the molecule is CCCCCC(O)CC[C@H]1CCCC(=O)N1CCSCCCC(=O)O. The average Bonchev–Trinajstić information content (AvgIpc) is 2.57. The molecule has 1 fully saturated rings. The summed E-state index contributed by atoms with van der Waals surface area (Å²) < 4.78 is 0. The van der Waals surface area contributed by atoms with Crippen LogP contribution in [0.4, 0.5) is 0 Å². The fraction of sp³-hybridized carbons (Fsp3) is 0.895. The molecule has 1 unspecified atom stereocenters. The van der Waals surface area contributed by atoms with Crippen molar-refractivity contribution < 1.29 is 19.8 Å². The lowest BCUT2D eigenvalue weighted by atomic mass is 9.95. The fourth-order valence-electron chi connectivity index (χ4n) is 3.35. The second-order valence-corrected chi connectivity index (χ2v) is 8.19. The highest BCUT2D eigenvalue weighted by Gasteiger charge is 2.27. The van der Waals surface area contributed by atoms with Gasteiger partial charge in [-0.25, -0.2) is 0 Å². The van der Waals surface area contributed by atoms with Gasteiger partial charge in [0.15, 0.2) is 0 Å². The minimum absolute atomic E-state index is 0.216. The van der Waals surface area contributed by atoms with Gasteiger partial charge in [-0.2, -0.15) is 11.8 Å². The van der Waals surface area contributed by atoms with Crippen molar-refractivity contribution >= 4 is 23.6 Å². The highest BCUT2D eigenvalue weighted by atomic mass is 32.2. The average molecular weight is 374 g/mol. The smallest absolute Gasteiger partial charge is 0.303 e. The molecule has 2 N–H and O–H groups in total. The van der Waals surface area contributed by atoms with Gasteiger partial charge in [-0.1, -0.05) is 26.2 Å². The number of amides is 1. The fourth-order valence-corrected chi connectivity index (χ4v) is 4.23. The van der Waals surface area contributed by atoms with E-state index < -0.39 is 5.97 Å². The van der Waals surface area contributed by atoms with Crippen molar-refractivity contribution in [2.45, 2.75) is 89.7 Å². The Morgan fingerprint density at radius 3 is 2.80 bits per heavy atom. The number of piperidine rings is 1. The molecule has 1 rings (SSSR count). The van der Waals surface area contributed by atoms with Crippen LogP contribution in [-0.4, -0.2) is 57.2 Å². The van der Waals surface area contributed by atoms with E-state index in [0.29, 0.717) is 12.8 Å². The maximum Gasteiger partial charge on any atom is 0.303 e. The Labute approximate surface area is 156 Å². The van der Waals surface area contributed by atoms with Crippen molar-refractivity contribution in [3.05, 3.63) is 0 Å². The molecule has 0 aromatic carbocycles. The van der Waals surface area contributed by atoms with Crippen molar-refractivity contribution in [2.75, 3.05) is 18.1 Å². The number of aliphatic carboxylic acids is 1. The molecule has 0 aromatic rings. The largest absolute Gasteiger partial charge is 0.481 e. The van der Waals surface area contributed by atoms with Crippen LogP contribution in [0.3, 0.4) is 0 Å². The number of aliphatic hydroxyl groups excluding tert-OH is 1. The van der Waals surface area contributed by atoms with E-state index in [9.17, 15) is 14.7 Å². The van der Waals surface area contributed by atoms with Crippen molar-refractivity contribution in [1.29, 1.82) is 0 Å². The van der Waals surface area contributed by atoms with E-state index >= 15 is 0 Å². The first-order valence-electron chi connectivity index (χ1n) is 9.81. The third-order valence-electron chi connectivity index (χ3n) is 4.82. The third-order valence-corrected chi connectivity index (χ3v) is 5.87. The second-order valence-electron chi connectivity index (χ2n) is 6.97. The van der Waals surface area contributed by atoms with Gasteiger partial charge >= 0.3 is 5.97 Å². The van der Waals surface area contributed by atoms with Crippen molar-refractivity contribution in [2.24, 2.45) is 0 Å². The Kier molecular flexibility index (Phi) is 12.0. The summed E-state index contributed by atoms with van der Waals surface area (Å²) in [6, 6.07) is 0.265. The van der Waals surface area contributed by atoms with E-state index in [4.69, 9.17) is 5.11 Å². The normalized spacial score (nSPS) is 19.2. The molecular formula is C19H35NO4S. The predicted octanol–water partition coefficient (Wildman–Crippen LogP) is 3.69. The number of likely N-dealkylation sites (tertiary alicyclic amines) is 1. The van der Waals surface area contributed by atoms with Gasteiger partial charge in [0.2, 0.25) is 5.91 Å². The lowest BCUT2D eigenvalue weighted by Gasteiger charge is -2.36. The number of carboxylic acid groups (broad SMARTS) is 1. The Morgan fingerprint density at radius 1 is 1.28 bits per heavy atom. The van der Waals surface area contributed by atoms with Crippen LogP contribution < -0.4 is 0 Å². The summed E-state index contributed by atoms with van der Waals surface area (Å²) in [6.07, 6.45) is 9.25. The lowest BCUT2D eigenvalue weighted by Crippen LogP contribution is -2.45. The number of unbranched alkanes of at least 4 members (excludes halogenated alkanes) is 2. The van der Waals surface area contributed by atoms with E-state index in [2.05, 4.69) is 6.92 Å². The molecule has 5 nitrogen and oxygen atoms in total. The molecule has 25 heavy (non-hydrogen) atoms. The number of nitrogens with zero attached hydrogens (tertiary/aromatic N) is 1. The molecule has 0 aliphatic carbocycles. The molecule has 1 aliphatic heterocycles. The van der Waals surface area contributed by atoms with Gasteiger partial charge in [-0.15, -0.1) is 0 Å². The van der Waals surface area contributed by atoms with E-state index in [1.165, 1.54) is 12.8 Å². The Bertz CT molecular complexity index is 392. The molecule has 2 atom stereocenters. The van der Waals surface area contributed by atoms with Gasteiger partial charge in [0, 0.05) is 31.2 Å². The van der Waals surface area contributed by atoms with E-state index in [1.54, 1.807) is 11.8 Å². The van der Waals surface area contributed by atoms with Crippen LogP contribution in [0.5, 0.6) is 0 Å². The van der Waals surface area contributed by atoms with Gasteiger partial charge in [-0.05, 0) is 44.3 Å². The second kappa shape index (κ2) is 13.5. The van der Waals surface area contributed by atoms with Crippen LogP contribution in [0.1, 0.15) is 77.6 Å². The number of rotatable bonds is 14. The Hall–Kier alpha value is -0.750. The highest BCUT2D eigenvalue weighted by molar-refractivity contribution is 7.99. The van der Waals surface area contributed by atoms with Crippen LogP contribution in [0, 0.1) is 0 Å². The van der Waals surface area contributed by atoms with Gasteiger partial charge in [0.25, 0.3) is 0 Å². The summed E-state index contributed by atoms with van der Waals surface area (Å²) in [4.78, 5) is 24.7. The maximum absolute atomic E-state index is 12.2. The lowest BCUT2D eigenvalue weighted by molar-refractivity contribution is -0.137. The quantitative estimate of drug-likeness (QED) is 0.454. The predicted molar refractivity (Wildman–Crippen MR) is 103 cm³/mol. The molecule has 1 aliphatic rings. The minimum Gasteiger partial charge on any atom is -0.481 e. The summed E-state index contributed by atoms with van der Waals surface area (Å²) in [5.41, 5.74) is 0. The monoisotopic (exact) mass is 373 g/mol. The summed E-state index contributed by atoms with van der Waals surface area (Å²) in [5.74, 6) is 1.18. The number of carbonyl (C=O) groups is 2. The van der Waals surface area contributed by atoms with Crippen LogP contribution in [0.15, 0.2) is 0 Å². The zero-order valence-corrected chi connectivity index (χ0v) is 16.4. The topological polar surface area (TPSA) is 77.8 Å². The van der Waals surface area contributed by atoms with E-state index in [-0.39, 0.29) is 24.5 Å². The number of carbonyl (C=O) groups excluding carboxylic acids is 1. The molecule has 0 spiro atoms. The molecule has 0 radical (unpaired) electrons. The van der Waals surface area contributed by atoms with E-state index in [1.807, 2.05) is 4.90 Å². The van der Waals surface area contributed by atoms with E-state index in [0.717, 1.165) is 56.6 Å². The van der Waals surface area contributed by atoms with Crippen molar-refractivity contribution in [1.82, 2.24) is 4.90 Å². The molecule has 0 saturated carbocycles. The zero-order chi connectivity index (χ0) is 18.5. The first kappa shape index (κ1) is 22.3. The molecule has 0 bridgehead atoms. The van der Waals surface area contributed by atoms with Crippen LogP contribution >= 0.6 is 11.8 Å². The van der Waals surface area contributed by atoms with Gasteiger partial charge in [0.1, 0.15) is 0 Å². The molecule has 6 heteroatoms. The summed E-state index contributed by atoms with van der Waals surface area (Å²) in [5, 5.41) is 18.8. The molecule has 0 aromatic heterocycles. The van der Waals surface area contributed by atoms with Crippen LogP contribution in [-0.2, 0) is 9.59 Å². The number of carboxylic acids is 1. The minimum atomic E-state index is -0.746. The Balaban J connectivity index is 2.27. The highest BCUT2D eigenvalue weighted by Crippen LogP contribution is 2.24. The number of thioether (sulfide) groups is 1. The molecule has 1 amide bonds. The van der Waals surface area contributed by atoms with Crippen molar-refractivity contribution in [3.8, 4) is 0 Å². The number of hydrogen-bond acceptors (Lipinski definition) is 4. The molecule has 1 heterocycles. The van der Waals surface area contributed by atoms with Gasteiger partial charge in [-0.3, -0.25) is 9.59 Å². The van der Waals surface area contributed by atoms with Gasteiger partial charge < -0.3 is 15.1 Å². The first-order chi connectivity index (χ1) is 12.0. The molecular weight excluding hydrogens is 338 g/mol. The molecule has 146 valence electrons. The third kappa shape index (κ3) is 10.1. The Morgan fingerprint density at radius 2 is 2.08 bits per heavy atom. The van der Waals surface area contributed by atoms with Crippen molar-refractivity contribution in [3.63, 3.8) is 0 Å². The van der Waals surface area contributed by atoms with Crippen LogP contribution in [0.25, 0.3) is 0 Å². The number of aliphatic hydroxyl groups is 1. The number of hydrogen-bond donors (Lipinski definition) is 2. The molecule has 1 saturated heterocycles. The summed E-state index contributed by atoms with van der Waals surface area (Å²) in [7, 11) is 0. The van der Waals surface area contributed by atoms with Gasteiger partial charge in [0.05, 0.1) is 6.10 Å². The maximum atomic E-state index is 12.2. The summed E-state index contributed by atoms with van der Waals surface area (Å²) >= 11 is 1.72. The summed E-state index contributed by atoms with van der Waals surface area (Å²) in [6.45, 7) is 2.91. The standard InChI is InChI=1S/C19H35NO4S/c1-2-3-4-8-17(21)12-11-16-7-5-9-18(22)20(16)13-15-25-14-6-10-19(23)24/h16-17,21H,2-15H2,1H3,(H,23,24)/t16-,17?/m1/s1. The zero-order valence-electron chi connectivity index (χ0n) is 15.6. The first-order valence-corrected chi connectivity index (χ1v) is 11.0. The van der Waals surface area contributed by atoms with Crippen LogP contribution in [0.2, 0.25) is 0 Å².